The van der Waals surface area contributed by atoms with Gasteiger partial charge in [-0.05, 0) is 16.3 Å². The number of hydrogen-bond donors (Lipinski definition) is 2. The van der Waals surface area contributed by atoms with Crippen LogP contribution in [0.3, 0.4) is 0 Å². The van der Waals surface area contributed by atoms with Crippen LogP contribution in [0, 0.1) is 5.41 Å². The zero-order valence-electron chi connectivity index (χ0n) is 8.23. The number of nitrogens with two attached hydrogens (primary N) is 1. The highest BCUT2D eigenvalue weighted by molar-refractivity contribution is 5.85. The van der Waals surface area contributed by atoms with Gasteiger partial charge in [-0.2, -0.15) is 0 Å². The highest BCUT2D eigenvalue weighted by Gasteiger charge is 2.00. The molecule has 15 heavy (non-hydrogen) atoms. The molecule has 0 saturated carbocycles. The average molecular weight is 200 g/mol. The van der Waals surface area contributed by atoms with Crippen LogP contribution in [0.5, 0.6) is 0 Å². The molecule has 0 atom stereocenters. The van der Waals surface area contributed by atoms with Crippen LogP contribution < -0.4 is 5.73 Å². The highest BCUT2D eigenvalue weighted by Crippen LogP contribution is 2.18. The first kappa shape index (κ1) is 9.52. The Balaban J connectivity index is 2.38. The van der Waals surface area contributed by atoms with Gasteiger partial charge in [0.05, 0.1) is 0 Å². The third-order valence-electron chi connectivity index (χ3n) is 2.26. The molecular weight excluding hydrogens is 188 g/mol. The largest absolute Gasteiger partial charge is 0.461 e. The van der Waals surface area contributed by atoms with Crippen molar-refractivity contribution in [3.63, 3.8) is 0 Å². The monoisotopic (exact) mass is 200 g/mol. The SMILES string of the molecule is N=C(N)OCc1cccc2ccccc12. The van der Waals surface area contributed by atoms with Gasteiger partial charge in [-0.15, -0.1) is 0 Å². The Bertz CT molecular complexity index is 488. The lowest BCUT2D eigenvalue weighted by molar-refractivity contribution is 0.286. The zero-order valence-corrected chi connectivity index (χ0v) is 8.23. The van der Waals surface area contributed by atoms with Crippen LogP contribution in [0.2, 0.25) is 0 Å². The highest BCUT2D eigenvalue weighted by atomic mass is 16.5. The van der Waals surface area contributed by atoms with E-state index < -0.39 is 0 Å². The third kappa shape index (κ3) is 2.07. The van der Waals surface area contributed by atoms with Crippen molar-refractivity contribution in [2.24, 2.45) is 5.73 Å². The van der Waals surface area contributed by atoms with Crippen LogP contribution in [-0.2, 0) is 11.3 Å². The van der Waals surface area contributed by atoms with Crippen LogP contribution in [0.15, 0.2) is 42.5 Å². The fraction of sp³-hybridized carbons (Fsp3) is 0.0833. The molecule has 0 saturated heterocycles. The molecule has 0 unspecified atom stereocenters. The molecule has 3 N–H and O–H groups in total. The van der Waals surface area contributed by atoms with Crippen molar-refractivity contribution in [1.82, 2.24) is 0 Å². The van der Waals surface area contributed by atoms with Crippen molar-refractivity contribution >= 4 is 16.8 Å². The number of benzene rings is 2. The summed E-state index contributed by atoms with van der Waals surface area (Å²) in [4.78, 5) is 0. The predicted octanol–water partition coefficient (Wildman–Crippen LogP) is 2.25. The van der Waals surface area contributed by atoms with Crippen molar-refractivity contribution < 1.29 is 4.74 Å². The van der Waals surface area contributed by atoms with E-state index >= 15 is 0 Å². The molecule has 2 aromatic rings. The fourth-order valence-corrected chi connectivity index (χ4v) is 1.57. The minimum Gasteiger partial charge on any atom is -0.461 e. The Morgan fingerprint density at radius 3 is 2.67 bits per heavy atom. The first-order valence-electron chi connectivity index (χ1n) is 4.71. The molecule has 0 bridgehead atoms. The van der Waals surface area contributed by atoms with Gasteiger partial charge >= 0.3 is 0 Å². The first-order valence-corrected chi connectivity index (χ1v) is 4.71. The van der Waals surface area contributed by atoms with E-state index in [0.717, 1.165) is 10.9 Å². The molecule has 0 aliphatic rings. The lowest BCUT2D eigenvalue weighted by Crippen LogP contribution is -2.13. The maximum absolute atomic E-state index is 7.01. The van der Waals surface area contributed by atoms with Gasteiger partial charge in [-0.3, -0.25) is 5.41 Å². The molecule has 2 aromatic carbocycles. The Labute approximate surface area is 88.0 Å². The maximum Gasteiger partial charge on any atom is 0.279 e. The normalized spacial score (nSPS) is 10.1. The van der Waals surface area contributed by atoms with Crippen molar-refractivity contribution in [2.45, 2.75) is 6.61 Å². The number of hydrogen-bond acceptors (Lipinski definition) is 2. The Hall–Kier alpha value is -2.03. The topological polar surface area (TPSA) is 59.1 Å². The summed E-state index contributed by atoms with van der Waals surface area (Å²) in [5.41, 5.74) is 6.19. The van der Waals surface area contributed by atoms with Gasteiger partial charge in [0, 0.05) is 0 Å². The summed E-state index contributed by atoms with van der Waals surface area (Å²) in [5, 5.41) is 9.32. The number of rotatable bonds is 2. The molecule has 0 amide bonds. The van der Waals surface area contributed by atoms with Crippen LogP contribution in [0.4, 0.5) is 0 Å². The van der Waals surface area contributed by atoms with E-state index in [0.29, 0.717) is 6.61 Å². The van der Waals surface area contributed by atoms with Crippen LogP contribution in [0.25, 0.3) is 10.8 Å². The molecule has 0 aromatic heterocycles. The molecule has 3 heteroatoms. The quantitative estimate of drug-likeness (QED) is 0.577. The summed E-state index contributed by atoms with van der Waals surface area (Å²) in [7, 11) is 0. The molecule has 3 nitrogen and oxygen atoms in total. The van der Waals surface area contributed by atoms with E-state index in [1.54, 1.807) is 0 Å². The standard InChI is InChI=1S/C12H12N2O/c13-12(14)15-8-10-6-3-5-9-4-1-2-7-11(9)10/h1-7H,8H2,(H3,13,14). The van der Waals surface area contributed by atoms with E-state index in [-0.39, 0.29) is 6.02 Å². The summed E-state index contributed by atoms with van der Waals surface area (Å²) >= 11 is 0. The second-order valence-corrected chi connectivity index (χ2v) is 3.29. The molecule has 2 rings (SSSR count). The first-order chi connectivity index (χ1) is 7.27. The minimum absolute atomic E-state index is 0.247. The fourth-order valence-electron chi connectivity index (χ4n) is 1.57. The van der Waals surface area contributed by atoms with E-state index in [1.807, 2.05) is 42.5 Å². The Kier molecular flexibility index (Phi) is 2.54. The maximum atomic E-state index is 7.01. The summed E-state index contributed by atoms with van der Waals surface area (Å²) < 4.78 is 5.00. The van der Waals surface area contributed by atoms with Gasteiger partial charge in [0.25, 0.3) is 6.02 Å². The summed E-state index contributed by atoms with van der Waals surface area (Å²) in [6.07, 6.45) is 0. The molecule has 0 heterocycles. The number of ether oxygens (including phenoxy) is 1. The van der Waals surface area contributed by atoms with Gasteiger partial charge in [0.1, 0.15) is 6.61 Å². The van der Waals surface area contributed by atoms with Gasteiger partial charge in [0.2, 0.25) is 0 Å². The number of amidine groups is 1. The second-order valence-electron chi connectivity index (χ2n) is 3.29. The number of nitrogens with one attached hydrogen (secondary N) is 1. The molecule has 76 valence electrons. The van der Waals surface area contributed by atoms with E-state index in [1.165, 1.54) is 5.39 Å². The van der Waals surface area contributed by atoms with Gasteiger partial charge in [-0.1, -0.05) is 42.5 Å². The van der Waals surface area contributed by atoms with E-state index in [2.05, 4.69) is 0 Å². The van der Waals surface area contributed by atoms with Crippen LogP contribution >= 0.6 is 0 Å². The smallest absolute Gasteiger partial charge is 0.279 e. The average Bonchev–Trinajstić information content (AvgIpc) is 2.26. The van der Waals surface area contributed by atoms with Crippen molar-refractivity contribution in [3.8, 4) is 0 Å². The molecule has 0 aliphatic carbocycles. The van der Waals surface area contributed by atoms with Crippen molar-refractivity contribution in [1.29, 1.82) is 5.41 Å². The van der Waals surface area contributed by atoms with E-state index in [9.17, 15) is 0 Å². The van der Waals surface area contributed by atoms with E-state index in [4.69, 9.17) is 15.9 Å². The minimum atomic E-state index is -0.247. The molecule has 0 radical (unpaired) electrons. The second kappa shape index (κ2) is 4.00. The molecule has 0 aliphatic heterocycles. The van der Waals surface area contributed by atoms with Crippen LogP contribution in [0.1, 0.15) is 5.56 Å². The third-order valence-corrected chi connectivity index (χ3v) is 2.26. The van der Waals surface area contributed by atoms with Crippen LogP contribution in [-0.4, -0.2) is 6.02 Å². The molecular formula is C12H12N2O. The van der Waals surface area contributed by atoms with Gasteiger partial charge in [0.15, 0.2) is 0 Å². The number of fused-ring (bicyclic) bond motifs is 1. The summed E-state index contributed by atoms with van der Waals surface area (Å²) in [5.74, 6) is 0. The predicted molar refractivity (Wildman–Crippen MR) is 60.7 cm³/mol. The Morgan fingerprint density at radius 1 is 1.13 bits per heavy atom. The molecule has 0 spiro atoms. The van der Waals surface area contributed by atoms with Gasteiger partial charge < -0.3 is 10.5 Å². The van der Waals surface area contributed by atoms with Gasteiger partial charge in [-0.25, -0.2) is 0 Å². The lowest BCUT2D eigenvalue weighted by atomic mass is 10.1. The zero-order chi connectivity index (χ0) is 10.7. The summed E-state index contributed by atoms with van der Waals surface area (Å²) in [6, 6.07) is 13.8. The lowest BCUT2D eigenvalue weighted by Gasteiger charge is -2.06. The Morgan fingerprint density at radius 2 is 1.87 bits per heavy atom. The van der Waals surface area contributed by atoms with Crippen molar-refractivity contribution in [2.75, 3.05) is 0 Å². The summed E-state index contributed by atoms with van der Waals surface area (Å²) in [6.45, 7) is 0.344. The molecule has 0 fully saturated rings. The van der Waals surface area contributed by atoms with Crippen molar-refractivity contribution in [3.05, 3.63) is 48.0 Å².